The Balaban J connectivity index is 2.18. The van der Waals surface area contributed by atoms with Crippen LogP contribution in [0.25, 0.3) is 5.57 Å². The molecule has 0 radical (unpaired) electrons. The van der Waals surface area contributed by atoms with Crippen molar-refractivity contribution in [1.82, 2.24) is 0 Å². The summed E-state index contributed by atoms with van der Waals surface area (Å²) < 4.78 is 5.47. The van der Waals surface area contributed by atoms with Crippen molar-refractivity contribution in [3.05, 3.63) is 70.3 Å². The number of carbonyl (C=O) groups is 1. The second-order valence-electron chi connectivity index (χ2n) is 5.86. The van der Waals surface area contributed by atoms with Crippen LogP contribution in [0.15, 0.2) is 47.5 Å². The van der Waals surface area contributed by atoms with E-state index in [1.54, 1.807) is 31.4 Å². The van der Waals surface area contributed by atoms with E-state index in [0.717, 1.165) is 35.1 Å². The van der Waals surface area contributed by atoms with Crippen molar-refractivity contribution in [1.29, 1.82) is 5.26 Å². The highest BCUT2D eigenvalue weighted by Crippen LogP contribution is 2.38. The largest absolute Gasteiger partial charge is 0.496 e. The fourth-order valence-electron chi connectivity index (χ4n) is 3.15. The van der Waals surface area contributed by atoms with Crippen LogP contribution in [0.5, 0.6) is 5.75 Å². The number of rotatable bonds is 3. The molecule has 0 atom stereocenters. The van der Waals surface area contributed by atoms with E-state index in [1.165, 1.54) is 0 Å². The van der Waals surface area contributed by atoms with E-state index >= 15 is 0 Å². The van der Waals surface area contributed by atoms with Gasteiger partial charge in [-0.15, -0.1) is 0 Å². The summed E-state index contributed by atoms with van der Waals surface area (Å²) >= 11 is 0. The monoisotopic (exact) mass is 346 g/mol. The summed E-state index contributed by atoms with van der Waals surface area (Å²) in [5.41, 5.74) is 15.1. The lowest BCUT2D eigenvalue weighted by Gasteiger charge is -2.21. The van der Waals surface area contributed by atoms with Gasteiger partial charge in [0, 0.05) is 11.1 Å². The molecule has 0 spiro atoms. The zero-order chi connectivity index (χ0) is 18.7. The van der Waals surface area contributed by atoms with Crippen molar-refractivity contribution >= 4 is 17.4 Å². The number of nitrogens with zero attached hydrogens (tertiary/aromatic N) is 2. The Morgan fingerprint density at radius 1 is 1.27 bits per heavy atom. The molecule has 0 unspecified atom stereocenters. The van der Waals surface area contributed by atoms with E-state index in [4.69, 9.17) is 16.2 Å². The standard InChI is InChI=1S/C20H18N4O2/c1-26-17-7-3-5-14(11-21)18(17)15-6-2-4-12-8-9-13(10-16(12)15)19(25)24-20(22)23/h3,5-10H,2,4H2,1H3,(H4,22,23,24,25). The molecule has 2 aromatic rings. The lowest BCUT2D eigenvalue weighted by molar-refractivity contribution is 0.100. The van der Waals surface area contributed by atoms with Gasteiger partial charge in [-0.25, -0.2) is 0 Å². The van der Waals surface area contributed by atoms with Gasteiger partial charge in [-0.3, -0.25) is 4.79 Å². The molecule has 0 aromatic heterocycles. The summed E-state index contributed by atoms with van der Waals surface area (Å²) in [6, 6.07) is 13.0. The van der Waals surface area contributed by atoms with Gasteiger partial charge in [0.15, 0.2) is 5.96 Å². The third-order valence-corrected chi connectivity index (χ3v) is 4.28. The summed E-state index contributed by atoms with van der Waals surface area (Å²) in [7, 11) is 1.57. The molecule has 0 fully saturated rings. The van der Waals surface area contributed by atoms with Crippen LogP contribution in [0.4, 0.5) is 0 Å². The third-order valence-electron chi connectivity index (χ3n) is 4.28. The summed E-state index contributed by atoms with van der Waals surface area (Å²) in [6.07, 6.45) is 3.76. The zero-order valence-electron chi connectivity index (χ0n) is 14.3. The van der Waals surface area contributed by atoms with E-state index in [-0.39, 0.29) is 5.96 Å². The second-order valence-corrected chi connectivity index (χ2v) is 5.86. The normalized spacial score (nSPS) is 12.4. The quantitative estimate of drug-likeness (QED) is 0.654. The first kappa shape index (κ1) is 17.2. The summed E-state index contributed by atoms with van der Waals surface area (Å²) in [6.45, 7) is 0. The molecule has 1 aliphatic carbocycles. The first-order valence-electron chi connectivity index (χ1n) is 8.10. The number of aryl methyl sites for hydroxylation is 1. The number of benzene rings is 2. The van der Waals surface area contributed by atoms with Gasteiger partial charge in [-0.05, 0) is 53.8 Å². The van der Waals surface area contributed by atoms with E-state index in [2.05, 4.69) is 17.1 Å². The number of hydrogen-bond acceptors (Lipinski definition) is 3. The molecule has 0 heterocycles. The molecule has 0 bridgehead atoms. The second kappa shape index (κ2) is 7.11. The van der Waals surface area contributed by atoms with Crippen LogP contribution in [-0.2, 0) is 6.42 Å². The number of carbonyl (C=O) groups excluding carboxylic acids is 1. The first-order chi connectivity index (χ1) is 12.5. The van der Waals surface area contributed by atoms with E-state index < -0.39 is 5.91 Å². The molecule has 1 aliphatic rings. The molecule has 6 nitrogen and oxygen atoms in total. The van der Waals surface area contributed by atoms with Crippen LogP contribution in [-0.4, -0.2) is 19.0 Å². The molecular formula is C20H18N4O2. The fourth-order valence-corrected chi connectivity index (χ4v) is 3.15. The minimum Gasteiger partial charge on any atom is -0.496 e. The number of fused-ring (bicyclic) bond motifs is 1. The molecule has 4 N–H and O–H groups in total. The number of guanidine groups is 1. The van der Waals surface area contributed by atoms with Gasteiger partial charge >= 0.3 is 0 Å². The number of methoxy groups -OCH3 is 1. The Morgan fingerprint density at radius 3 is 2.77 bits per heavy atom. The third kappa shape index (κ3) is 3.15. The Hall–Kier alpha value is -3.59. The molecular weight excluding hydrogens is 328 g/mol. The highest BCUT2D eigenvalue weighted by Gasteiger charge is 2.21. The number of ether oxygens (including phenoxy) is 1. The predicted octanol–water partition coefficient (Wildman–Crippen LogP) is 2.36. The van der Waals surface area contributed by atoms with Crippen molar-refractivity contribution in [3.8, 4) is 11.8 Å². The molecule has 6 heteroatoms. The average molecular weight is 346 g/mol. The first-order valence-corrected chi connectivity index (χ1v) is 8.10. The van der Waals surface area contributed by atoms with Gasteiger partial charge in [0.05, 0.1) is 18.7 Å². The zero-order valence-corrected chi connectivity index (χ0v) is 14.3. The van der Waals surface area contributed by atoms with Crippen molar-refractivity contribution < 1.29 is 9.53 Å². The highest BCUT2D eigenvalue weighted by molar-refractivity contribution is 6.03. The average Bonchev–Trinajstić information content (AvgIpc) is 2.65. The number of allylic oxidation sites excluding steroid dienone is 1. The number of amides is 1. The molecule has 0 saturated heterocycles. The number of hydrogen-bond donors (Lipinski definition) is 2. The minimum absolute atomic E-state index is 0.278. The lowest BCUT2D eigenvalue weighted by atomic mass is 9.84. The van der Waals surface area contributed by atoms with E-state index in [1.807, 2.05) is 12.1 Å². The van der Waals surface area contributed by atoms with Gasteiger partial charge in [0.2, 0.25) is 0 Å². The molecule has 2 aromatic carbocycles. The molecule has 26 heavy (non-hydrogen) atoms. The number of aliphatic imine (C=N–C) groups is 1. The maximum Gasteiger partial charge on any atom is 0.280 e. The van der Waals surface area contributed by atoms with Crippen LogP contribution < -0.4 is 16.2 Å². The van der Waals surface area contributed by atoms with Gasteiger partial charge in [0.1, 0.15) is 5.75 Å². The SMILES string of the molecule is COc1cccc(C#N)c1C1=CCCc2ccc(C(=O)N=C(N)N)cc21. The summed E-state index contributed by atoms with van der Waals surface area (Å²) in [4.78, 5) is 15.8. The van der Waals surface area contributed by atoms with Crippen LogP contribution in [0.1, 0.15) is 39.0 Å². The van der Waals surface area contributed by atoms with Crippen molar-refractivity contribution in [3.63, 3.8) is 0 Å². The number of nitrogens with two attached hydrogens (primary N) is 2. The van der Waals surface area contributed by atoms with E-state index in [9.17, 15) is 10.1 Å². The Bertz CT molecular complexity index is 980. The molecule has 130 valence electrons. The minimum atomic E-state index is -0.502. The summed E-state index contributed by atoms with van der Waals surface area (Å²) in [5, 5.41) is 9.53. The fraction of sp³-hybridized carbons (Fsp3) is 0.150. The predicted molar refractivity (Wildman–Crippen MR) is 99.7 cm³/mol. The number of nitriles is 1. The Labute approximate surface area is 151 Å². The summed E-state index contributed by atoms with van der Waals surface area (Å²) in [5.74, 6) is -0.164. The van der Waals surface area contributed by atoms with Crippen LogP contribution in [0.2, 0.25) is 0 Å². The Morgan fingerprint density at radius 2 is 2.08 bits per heavy atom. The van der Waals surface area contributed by atoms with Crippen LogP contribution in [0.3, 0.4) is 0 Å². The molecule has 0 aliphatic heterocycles. The van der Waals surface area contributed by atoms with Crippen LogP contribution in [0, 0.1) is 11.3 Å². The van der Waals surface area contributed by atoms with Crippen molar-refractivity contribution in [2.24, 2.45) is 16.5 Å². The van der Waals surface area contributed by atoms with E-state index in [0.29, 0.717) is 16.9 Å². The molecule has 1 amide bonds. The molecule has 3 rings (SSSR count). The van der Waals surface area contributed by atoms with Gasteiger partial charge in [-0.1, -0.05) is 18.2 Å². The highest BCUT2D eigenvalue weighted by atomic mass is 16.5. The maximum absolute atomic E-state index is 12.2. The van der Waals surface area contributed by atoms with Crippen molar-refractivity contribution in [2.45, 2.75) is 12.8 Å². The van der Waals surface area contributed by atoms with Gasteiger partial charge in [-0.2, -0.15) is 10.3 Å². The van der Waals surface area contributed by atoms with Crippen LogP contribution >= 0.6 is 0 Å². The lowest BCUT2D eigenvalue weighted by Crippen LogP contribution is -2.24. The maximum atomic E-state index is 12.2. The van der Waals surface area contributed by atoms with Gasteiger partial charge < -0.3 is 16.2 Å². The van der Waals surface area contributed by atoms with Gasteiger partial charge in [0.25, 0.3) is 5.91 Å². The Kier molecular flexibility index (Phi) is 4.72. The molecule has 0 saturated carbocycles. The van der Waals surface area contributed by atoms with Crippen molar-refractivity contribution in [2.75, 3.05) is 7.11 Å². The smallest absolute Gasteiger partial charge is 0.280 e. The topological polar surface area (TPSA) is 114 Å².